The molecule has 0 bridgehead atoms. The molecule has 3 heteroatoms. The van der Waals surface area contributed by atoms with E-state index in [-0.39, 0.29) is 5.04 Å². The summed E-state index contributed by atoms with van der Waals surface area (Å²) >= 11 is 0. The summed E-state index contributed by atoms with van der Waals surface area (Å²) in [5.74, 6) is 3.30. The second-order valence-corrected chi connectivity index (χ2v) is 18.4. The molecule has 1 nitrogen and oxygen atoms in total. The van der Waals surface area contributed by atoms with Crippen LogP contribution in [0.1, 0.15) is 20.8 Å². The van der Waals surface area contributed by atoms with E-state index in [9.17, 15) is 0 Å². The lowest BCUT2D eigenvalue weighted by Crippen LogP contribution is -2.66. The van der Waals surface area contributed by atoms with E-state index < -0.39 is 16.4 Å². The maximum Gasteiger partial charge on any atom is 0.261 e. The van der Waals surface area contributed by atoms with Gasteiger partial charge in [0.1, 0.15) is 8.07 Å². The zero-order chi connectivity index (χ0) is 21.5. The smallest absolute Gasteiger partial charge is 0.261 e. The molecule has 0 aromatic heterocycles. The zero-order valence-electron chi connectivity index (χ0n) is 18.8. The van der Waals surface area contributed by atoms with Crippen molar-refractivity contribution in [3.05, 3.63) is 85.0 Å². The van der Waals surface area contributed by atoms with Crippen LogP contribution in [0.3, 0.4) is 0 Å². The number of hydrogen-bond acceptors (Lipinski definition) is 1. The molecule has 0 amide bonds. The molecule has 2 aromatic rings. The average molecular weight is 419 g/mol. The molecular formula is C26H34OSi2. The first kappa shape index (κ1) is 23.2. The lowest BCUT2D eigenvalue weighted by atomic mass is 10.2. The summed E-state index contributed by atoms with van der Waals surface area (Å²) in [5, 5.41) is 2.56. The Bertz CT molecular complexity index is 849. The summed E-state index contributed by atoms with van der Waals surface area (Å²) in [5.41, 5.74) is 4.37. The van der Waals surface area contributed by atoms with Crippen molar-refractivity contribution in [1.82, 2.24) is 0 Å². The zero-order valence-corrected chi connectivity index (χ0v) is 20.8. The van der Waals surface area contributed by atoms with E-state index in [1.54, 1.807) is 0 Å². The number of benzene rings is 2. The molecule has 2 aromatic carbocycles. The minimum absolute atomic E-state index is 0.0259. The lowest BCUT2D eigenvalue weighted by Gasteiger charge is -2.42. The van der Waals surface area contributed by atoms with E-state index in [1.807, 2.05) is 6.08 Å². The Kier molecular flexibility index (Phi) is 7.65. The first-order valence-electron chi connectivity index (χ1n) is 10.2. The highest BCUT2D eigenvalue weighted by atomic mass is 28.4. The van der Waals surface area contributed by atoms with E-state index in [1.165, 1.54) is 10.4 Å². The number of rotatable bonds is 6. The van der Waals surface area contributed by atoms with Gasteiger partial charge in [0, 0.05) is 5.57 Å². The predicted octanol–water partition coefficient (Wildman–Crippen LogP) is 5.56. The standard InChI is InChI=1S/C26H34OSi2/c1-8-23(20-22-28(5,6)7)19-21-27-29(26(2,3)4,24-15-11-9-12-16-24)25-17-13-10-14-18-25/h8-19H,1,21H2,2-7H3/b23-19+. The summed E-state index contributed by atoms with van der Waals surface area (Å²) in [6, 6.07) is 21.4. The summed E-state index contributed by atoms with van der Waals surface area (Å²) in [7, 11) is -3.94. The fourth-order valence-corrected chi connectivity index (χ4v) is 8.47. The molecule has 152 valence electrons. The Morgan fingerprint density at radius 1 is 0.931 bits per heavy atom. The van der Waals surface area contributed by atoms with Crippen LogP contribution in [0.25, 0.3) is 0 Å². The third kappa shape index (κ3) is 5.93. The Labute approximate surface area is 179 Å². The van der Waals surface area contributed by atoms with Crippen LogP contribution in [0.4, 0.5) is 0 Å². The predicted molar refractivity (Wildman–Crippen MR) is 133 cm³/mol. The Hall–Kier alpha value is -2.13. The van der Waals surface area contributed by atoms with Gasteiger partial charge in [0.2, 0.25) is 0 Å². The van der Waals surface area contributed by atoms with Gasteiger partial charge in [-0.05, 0) is 21.5 Å². The van der Waals surface area contributed by atoms with Crippen LogP contribution in [0.2, 0.25) is 24.7 Å². The molecule has 0 aliphatic heterocycles. The molecule has 0 radical (unpaired) electrons. The fourth-order valence-electron chi connectivity index (χ4n) is 3.46. The van der Waals surface area contributed by atoms with Crippen LogP contribution < -0.4 is 10.4 Å². The molecule has 0 saturated heterocycles. The average Bonchev–Trinajstić information content (AvgIpc) is 2.67. The maximum absolute atomic E-state index is 6.89. The molecule has 0 unspecified atom stereocenters. The quantitative estimate of drug-likeness (QED) is 0.339. The van der Waals surface area contributed by atoms with Crippen molar-refractivity contribution in [1.29, 1.82) is 0 Å². The maximum atomic E-state index is 6.89. The topological polar surface area (TPSA) is 9.23 Å². The SMILES string of the molecule is C=C/C(C#C[Si](C)(C)C)=C\CO[Si](c1ccccc1)(c1ccccc1)C(C)(C)C. The van der Waals surface area contributed by atoms with Crippen molar-refractivity contribution in [2.75, 3.05) is 6.61 Å². The third-order valence-electron chi connectivity index (χ3n) is 4.82. The van der Waals surface area contributed by atoms with Crippen molar-refractivity contribution in [3.8, 4) is 11.5 Å². The van der Waals surface area contributed by atoms with Crippen molar-refractivity contribution in [2.24, 2.45) is 0 Å². The summed E-state index contributed by atoms with van der Waals surface area (Å²) in [6.07, 6.45) is 3.92. The normalized spacial score (nSPS) is 12.8. The second kappa shape index (κ2) is 9.58. The first-order chi connectivity index (χ1) is 13.6. The van der Waals surface area contributed by atoms with E-state index in [0.717, 1.165) is 5.57 Å². The number of allylic oxidation sites excluding steroid dienone is 2. The van der Waals surface area contributed by atoms with Gasteiger partial charge in [0.15, 0.2) is 0 Å². The van der Waals surface area contributed by atoms with Crippen LogP contribution in [-0.2, 0) is 4.43 Å². The molecule has 0 aliphatic rings. The monoisotopic (exact) mass is 418 g/mol. The molecule has 0 saturated carbocycles. The van der Waals surface area contributed by atoms with Crippen LogP contribution >= 0.6 is 0 Å². The Morgan fingerprint density at radius 2 is 1.41 bits per heavy atom. The molecule has 0 aliphatic carbocycles. The van der Waals surface area contributed by atoms with Crippen molar-refractivity contribution in [3.63, 3.8) is 0 Å². The molecule has 29 heavy (non-hydrogen) atoms. The largest absolute Gasteiger partial charge is 0.404 e. The van der Waals surface area contributed by atoms with Gasteiger partial charge in [-0.25, -0.2) is 0 Å². The molecule has 0 N–H and O–H groups in total. The van der Waals surface area contributed by atoms with Crippen LogP contribution in [-0.4, -0.2) is 23.0 Å². The van der Waals surface area contributed by atoms with Gasteiger partial charge in [-0.3, -0.25) is 0 Å². The first-order valence-corrected chi connectivity index (χ1v) is 15.6. The highest BCUT2D eigenvalue weighted by Crippen LogP contribution is 2.36. The van der Waals surface area contributed by atoms with Gasteiger partial charge in [-0.1, -0.05) is 120 Å². The summed E-state index contributed by atoms with van der Waals surface area (Å²) < 4.78 is 6.89. The van der Waals surface area contributed by atoms with Gasteiger partial charge in [0.05, 0.1) is 6.61 Å². The minimum Gasteiger partial charge on any atom is -0.404 e. The molecule has 0 heterocycles. The molecular weight excluding hydrogens is 384 g/mol. The van der Waals surface area contributed by atoms with Gasteiger partial charge in [0.25, 0.3) is 8.32 Å². The summed E-state index contributed by atoms with van der Waals surface area (Å²) in [6.45, 7) is 18.1. The Morgan fingerprint density at radius 3 is 1.79 bits per heavy atom. The van der Waals surface area contributed by atoms with E-state index in [4.69, 9.17) is 4.43 Å². The lowest BCUT2D eigenvalue weighted by molar-refractivity contribution is 0.339. The minimum atomic E-state index is -2.51. The van der Waals surface area contributed by atoms with Crippen LogP contribution in [0.5, 0.6) is 0 Å². The van der Waals surface area contributed by atoms with E-state index in [2.05, 4.69) is 125 Å². The fraction of sp³-hybridized carbons (Fsp3) is 0.308. The highest BCUT2D eigenvalue weighted by molar-refractivity contribution is 6.99. The third-order valence-corrected chi connectivity index (χ3v) is 10.7. The van der Waals surface area contributed by atoms with Gasteiger partial charge < -0.3 is 4.43 Å². The van der Waals surface area contributed by atoms with Crippen molar-refractivity contribution < 1.29 is 4.43 Å². The molecule has 0 atom stereocenters. The van der Waals surface area contributed by atoms with Gasteiger partial charge >= 0.3 is 0 Å². The number of hydrogen-bond donors (Lipinski definition) is 0. The highest BCUT2D eigenvalue weighted by Gasteiger charge is 2.49. The van der Waals surface area contributed by atoms with Crippen molar-refractivity contribution >= 4 is 26.8 Å². The molecule has 2 rings (SSSR count). The van der Waals surface area contributed by atoms with E-state index in [0.29, 0.717) is 6.61 Å². The van der Waals surface area contributed by atoms with Crippen LogP contribution in [0, 0.1) is 11.5 Å². The van der Waals surface area contributed by atoms with E-state index >= 15 is 0 Å². The summed E-state index contributed by atoms with van der Waals surface area (Å²) in [4.78, 5) is 0. The van der Waals surface area contributed by atoms with Crippen LogP contribution in [0.15, 0.2) is 85.0 Å². The Balaban J connectivity index is 2.50. The molecule has 0 fully saturated rings. The van der Waals surface area contributed by atoms with Crippen molar-refractivity contribution in [2.45, 2.75) is 45.5 Å². The molecule has 0 spiro atoms. The van der Waals surface area contributed by atoms with Gasteiger partial charge in [-0.2, -0.15) is 0 Å². The second-order valence-electron chi connectivity index (χ2n) is 9.34. The van der Waals surface area contributed by atoms with Gasteiger partial charge in [-0.15, -0.1) is 5.54 Å².